The second-order valence-electron chi connectivity index (χ2n) is 5.95. The van der Waals surface area contributed by atoms with E-state index in [2.05, 4.69) is 43.1 Å². The van der Waals surface area contributed by atoms with Crippen LogP contribution in [0.3, 0.4) is 0 Å². The number of rotatable bonds is 8. The third kappa shape index (κ3) is 15.4. The minimum Gasteiger partial charge on any atom is -0.400 e. The van der Waals surface area contributed by atoms with Crippen LogP contribution in [-0.2, 0) is 14.3 Å². The molecule has 3 N–H and O–H groups in total. The Morgan fingerprint density at radius 2 is 1.82 bits per heavy atom. The van der Waals surface area contributed by atoms with E-state index in [4.69, 9.17) is 5.11 Å². The molecule has 1 aliphatic rings. The maximum atomic E-state index is 11.7. The normalized spacial score (nSPS) is 16.9. The summed E-state index contributed by atoms with van der Waals surface area (Å²) in [6.45, 7) is 10.0. The topological polar surface area (TPSA) is 91.0 Å². The summed E-state index contributed by atoms with van der Waals surface area (Å²) in [6.07, 6.45) is 2.70. The van der Waals surface area contributed by atoms with Crippen molar-refractivity contribution >= 4 is 12.2 Å². The van der Waals surface area contributed by atoms with E-state index in [1.54, 1.807) is 0 Å². The van der Waals surface area contributed by atoms with Gasteiger partial charge >= 0.3 is 0 Å². The van der Waals surface area contributed by atoms with Crippen molar-refractivity contribution in [1.82, 2.24) is 10.6 Å². The second-order valence-corrected chi connectivity index (χ2v) is 5.95. The molecule has 1 fully saturated rings. The maximum Gasteiger partial charge on any atom is 0.237 e. The highest BCUT2D eigenvalue weighted by molar-refractivity contribution is 5.81. The highest BCUT2D eigenvalue weighted by Crippen LogP contribution is 2.04. The lowest BCUT2D eigenvalue weighted by molar-refractivity contribution is -0.123. The number of likely N-dealkylation sites (N-methyl/N-ethyl adjacent to an activating group) is 1. The van der Waals surface area contributed by atoms with Crippen LogP contribution in [0.25, 0.3) is 0 Å². The van der Waals surface area contributed by atoms with E-state index in [9.17, 15) is 9.59 Å². The van der Waals surface area contributed by atoms with Crippen LogP contribution >= 0.6 is 0 Å². The Balaban J connectivity index is 0. The minimum absolute atomic E-state index is 0.0443. The van der Waals surface area contributed by atoms with Gasteiger partial charge in [0.05, 0.1) is 12.6 Å². The average molecular weight is 318 g/mol. The van der Waals surface area contributed by atoms with Gasteiger partial charge in [-0.15, -0.1) is 0 Å². The molecule has 0 aromatic heterocycles. The first kappa shape index (κ1) is 23.3. The van der Waals surface area contributed by atoms with Gasteiger partial charge in [0.2, 0.25) is 5.91 Å². The maximum absolute atomic E-state index is 11.7. The summed E-state index contributed by atoms with van der Waals surface area (Å²) in [4.78, 5) is 21.2. The van der Waals surface area contributed by atoms with E-state index in [-0.39, 0.29) is 18.1 Å². The molecule has 1 amide bonds. The third-order valence-electron chi connectivity index (χ3n) is 2.90. The molecule has 22 heavy (non-hydrogen) atoms. The van der Waals surface area contributed by atoms with Crippen LogP contribution in [0.4, 0.5) is 0 Å². The number of carbonyl (C=O) groups is 2. The summed E-state index contributed by atoms with van der Waals surface area (Å²) >= 11 is 0. The second kappa shape index (κ2) is 14.9. The van der Waals surface area contributed by atoms with Gasteiger partial charge in [-0.3, -0.25) is 4.79 Å². The number of aliphatic hydroxyl groups excluding tert-OH is 1. The van der Waals surface area contributed by atoms with E-state index in [0.29, 0.717) is 18.4 Å². The first-order chi connectivity index (χ1) is 10.4. The lowest BCUT2D eigenvalue weighted by Crippen LogP contribution is -2.43. The summed E-state index contributed by atoms with van der Waals surface area (Å²) < 4.78 is 4.49. The highest BCUT2D eigenvalue weighted by Gasteiger charge is 2.20. The van der Waals surface area contributed by atoms with Crippen LogP contribution in [0, 0.1) is 11.8 Å². The van der Waals surface area contributed by atoms with Crippen molar-refractivity contribution in [2.45, 2.75) is 52.7 Å². The molecule has 0 aliphatic carbocycles. The van der Waals surface area contributed by atoms with Crippen molar-refractivity contribution in [1.29, 1.82) is 0 Å². The number of carbonyl (C=O) groups excluding carboxylic acids is 2. The molecular formula is C16H34N2O4. The van der Waals surface area contributed by atoms with Gasteiger partial charge in [0.1, 0.15) is 6.10 Å². The molecule has 0 saturated carbocycles. The summed E-state index contributed by atoms with van der Waals surface area (Å²) in [5.41, 5.74) is 0. The number of hydrogen-bond acceptors (Lipinski definition) is 5. The number of ether oxygens (including phenoxy) is 1. The zero-order valence-corrected chi connectivity index (χ0v) is 14.9. The number of nitrogens with one attached hydrogen (secondary N) is 2. The molecule has 0 aromatic rings. The van der Waals surface area contributed by atoms with Crippen molar-refractivity contribution < 1.29 is 19.4 Å². The minimum atomic E-state index is -0.0463. The Bertz CT molecular complexity index is 279. The van der Waals surface area contributed by atoms with E-state index >= 15 is 0 Å². The number of epoxide rings is 1. The highest BCUT2D eigenvalue weighted by atomic mass is 16.6. The Morgan fingerprint density at radius 3 is 2.09 bits per heavy atom. The Labute approximate surface area is 135 Å². The first-order valence-corrected chi connectivity index (χ1v) is 7.87. The van der Waals surface area contributed by atoms with Crippen LogP contribution in [0.2, 0.25) is 0 Å². The van der Waals surface area contributed by atoms with Crippen LogP contribution < -0.4 is 10.6 Å². The fraction of sp³-hybridized carbons (Fsp3) is 0.875. The predicted octanol–water partition coefficient (Wildman–Crippen LogP) is 0.975. The molecule has 0 bridgehead atoms. The molecule has 1 saturated heterocycles. The smallest absolute Gasteiger partial charge is 0.237 e. The van der Waals surface area contributed by atoms with Crippen molar-refractivity contribution in [3.8, 4) is 0 Å². The van der Waals surface area contributed by atoms with Gasteiger partial charge in [-0.25, -0.2) is 0 Å². The third-order valence-corrected chi connectivity index (χ3v) is 2.90. The number of hydrogen-bond donors (Lipinski definition) is 3. The van der Waals surface area contributed by atoms with Crippen molar-refractivity contribution in [2.24, 2.45) is 11.8 Å². The molecule has 2 atom stereocenters. The fourth-order valence-electron chi connectivity index (χ4n) is 1.57. The molecule has 0 aromatic carbocycles. The zero-order chi connectivity index (χ0) is 17.5. The van der Waals surface area contributed by atoms with Crippen molar-refractivity contribution in [3.63, 3.8) is 0 Å². The first-order valence-electron chi connectivity index (χ1n) is 7.87. The SMILES string of the molecule is CNC(CC(C)C)C(=O)NCCC(C)C.CO.O=CC1CO1. The van der Waals surface area contributed by atoms with Gasteiger partial charge in [0, 0.05) is 13.7 Å². The van der Waals surface area contributed by atoms with Crippen LogP contribution in [0.15, 0.2) is 0 Å². The molecule has 1 aliphatic heterocycles. The fourth-order valence-corrected chi connectivity index (χ4v) is 1.57. The standard InChI is InChI=1S/C12H26N2O.C3H4O2.CH4O/c1-9(2)6-7-14-12(15)11(13-5)8-10(3)4;4-1-3-2-5-3;1-2/h9-11,13H,6-8H2,1-5H3,(H,14,15);1,3H,2H2;2H,1H3. The lowest BCUT2D eigenvalue weighted by atomic mass is 10.0. The molecule has 6 nitrogen and oxygen atoms in total. The number of amides is 1. The Hall–Kier alpha value is -0.980. The van der Waals surface area contributed by atoms with E-state index in [1.165, 1.54) is 0 Å². The summed E-state index contributed by atoms with van der Waals surface area (Å²) in [6, 6.07) is -0.0443. The van der Waals surface area contributed by atoms with Gasteiger partial charge < -0.3 is 25.3 Å². The van der Waals surface area contributed by atoms with Crippen molar-refractivity contribution in [2.75, 3.05) is 27.3 Å². The van der Waals surface area contributed by atoms with Gasteiger partial charge in [0.15, 0.2) is 6.29 Å². The molecule has 132 valence electrons. The molecule has 1 rings (SSSR count). The molecular weight excluding hydrogens is 284 g/mol. The van der Waals surface area contributed by atoms with Gasteiger partial charge in [-0.05, 0) is 31.7 Å². The van der Waals surface area contributed by atoms with Gasteiger partial charge in [-0.1, -0.05) is 27.7 Å². The van der Waals surface area contributed by atoms with Crippen LogP contribution in [0.1, 0.15) is 40.5 Å². The van der Waals surface area contributed by atoms with E-state index in [1.807, 2.05) is 7.05 Å². The summed E-state index contributed by atoms with van der Waals surface area (Å²) in [7, 11) is 2.84. The lowest BCUT2D eigenvalue weighted by Gasteiger charge is -2.18. The predicted molar refractivity (Wildman–Crippen MR) is 88.7 cm³/mol. The Morgan fingerprint density at radius 1 is 1.27 bits per heavy atom. The van der Waals surface area contributed by atoms with E-state index < -0.39 is 0 Å². The quantitative estimate of drug-likeness (QED) is 0.458. The largest absolute Gasteiger partial charge is 0.400 e. The average Bonchev–Trinajstić information content (AvgIpc) is 3.31. The molecule has 2 unspecified atom stereocenters. The molecule has 0 radical (unpaired) electrons. The zero-order valence-electron chi connectivity index (χ0n) is 14.9. The summed E-state index contributed by atoms with van der Waals surface area (Å²) in [5, 5.41) is 13.0. The monoisotopic (exact) mass is 318 g/mol. The Kier molecular flexibility index (Phi) is 15.8. The number of aldehydes is 1. The van der Waals surface area contributed by atoms with Gasteiger partial charge in [-0.2, -0.15) is 0 Å². The summed E-state index contributed by atoms with van der Waals surface area (Å²) in [5.74, 6) is 1.31. The molecule has 0 spiro atoms. The van der Waals surface area contributed by atoms with Gasteiger partial charge in [0.25, 0.3) is 0 Å². The number of aliphatic hydroxyl groups is 1. The van der Waals surface area contributed by atoms with E-state index in [0.717, 1.165) is 32.8 Å². The van der Waals surface area contributed by atoms with Crippen molar-refractivity contribution in [3.05, 3.63) is 0 Å². The van der Waals surface area contributed by atoms with Crippen LogP contribution in [-0.4, -0.2) is 56.8 Å². The van der Waals surface area contributed by atoms with Crippen LogP contribution in [0.5, 0.6) is 0 Å². The molecule has 6 heteroatoms. The molecule has 1 heterocycles.